The highest BCUT2D eigenvalue weighted by Gasteiger charge is 2.07. The average Bonchev–Trinajstić information content (AvgIpc) is 2.40. The third kappa shape index (κ3) is 2.76. The summed E-state index contributed by atoms with van der Waals surface area (Å²) in [5.41, 5.74) is 1.51. The SMILES string of the molecule is CC(=O)c1ccc(NC(=O)c2ccncn2)cc1. The third-order valence-corrected chi connectivity index (χ3v) is 2.36. The Morgan fingerprint density at radius 2 is 1.83 bits per heavy atom. The van der Waals surface area contributed by atoms with Crippen LogP contribution in [0.15, 0.2) is 42.9 Å². The summed E-state index contributed by atoms with van der Waals surface area (Å²) in [6.45, 7) is 1.49. The zero-order chi connectivity index (χ0) is 13.0. The van der Waals surface area contributed by atoms with Gasteiger partial charge in [0.2, 0.25) is 0 Å². The molecule has 0 saturated heterocycles. The van der Waals surface area contributed by atoms with Crippen molar-refractivity contribution in [2.75, 3.05) is 5.32 Å². The van der Waals surface area contributed by atoms with Gasteiger partial charge >= 0.3 is 0 Å². The lowest BCUT2D eigenvalue weighted by atomic mass is 10.1. The molecule has 5 nitrogen and oxygen atoms in total. The quantitative estimate of drug-likeness (QED) is 0.833. The van der Waals surface area contributed by atoms with Crippen molar-refractivity contribution >= 4 is 17.4 Å². The molecule has 1 N–H and O–H groups in total. The smallest absolute Gasteiger partial charge is 0.274 e. The monoisotopic (exact) mass is 241 g/mol. The molecule has 0 fully saturated rings. The van der Waals surface area contributed by atoms with Crippen LogP contribution in [-0.2, 0) is 0 Å². The van der Waals surface area contributed by atoms with E-state index >= 15 is 0 Å². The summed E-state index contributed by atoms with van der Waals surface area (Å²) in [7, 11) is 0. The Kier molecular flexibility index (Phi) is 3.43. The molecule has 2 rings (SSSR count). The average molecular weight is 241 g/mol. The molecule has 1 amide bonds. The number of amides is 1. The summed E-state index contributed by atoms with van der Waals surface area (Å²) in [4.78, 5) is 30.4. The second-order valence-corrected chi connectivity index (χ2v) is 3.68. The predicted octanol–water partition coefficient (Wildman–Crippen LogP) is 1.93. The van der Waals surface area contributed by atoms with Crippen LogP contribution in [-0.4, -0.2) is 21.7 Å². The normalized spacial score (nSPS) is 9.83. The van der Waals surface area contributed by atoms with Gasteiger partial charge in [0.25, 0.3) is 5.91 Å². The Labute approximate surface area is 104 Å². The van der Waals surface area contributed by atoms with E-state index in [2.05, 4.69) is 15.3 Å². The number of carbonyl (C=O) groups excluding carboxylic acids is 2. The molecule has 0 atom stereocenters. The molecule has 0 radical (unpaired) electrons. The van der Waals surface area contributed by atoms with E-state index in [1.165, 1.54) is 25.5 Å². The van der Waals surface area contributed by atoms with Crippen LogP contribution in [0.2, 0.25) is 0 Å². The van der Waals surface area contributed by atoms with Gasteiger partial charge in [0.15, 0.2) is 5.78 Å². The number of rotatable bonds is 3. The molecule has 0 unspecified atom stereocenters. The fourth-order valence-electron chi connectivity index (χ4n) is 1.41. The number of anilines is 1. The molecule has 1 aromatic carbocycles. The van der Waals surface area contributed by atoms with E-state index < -0.39 is 0 Å². The molecular formula is C13H11N3O2. The molecule has 0 bridgehead atoms. The minimum absolute atomic E-state index is 0.0105. The highest BCUT2D eigenvalue weighted by Crippen LogP contribution is 2.11. The number of aromatic nitrogens is 2. The van der Waals surface area contributed by atoms with Gasteiger partial charge in [0, 0.05) is 17.4 Å². The number of nitrogens with one attached hydrogen (secondary N) is 1. The standard InChI is InChI=1S/C13H11N3O2/c1-9(17)10-2-4-11(5-3-10)16-13(18)12-6-7-14-8-15-12/h2-8H,1H3,(H,16,18). The predicted molar refractivity (Wildman–Crippen MR) is 66.4 cm³/mol. The van der Waals surface area contributed by atoms with E-state index in [1.54, 1.807) is 24.3 Å². The molecule has 0 saturated carbocycles. The van der Waals surface area contributed by atoms with E-state index in [0.29, 0.717) is 16.9 Å². The fraction of sp³-hybridized carbons (Fsp3) is 0.0769. The molecule has 0 spiro atoms. The first-order valence-corrected chi connectivity index (χ1v) is 5.35. The van der Waals surface area contributed by atoms with Gasteiger partial charge in [-0.3, -0.25) is 9.59 Å². The number of Topliss-reactive ketones (excluding diaryl/α,β-unsaturated/α-hetero) is 1. The molecule has 1 heterocycles. The van der Waals surface area contributed by atoms with Crippen LogP contribution in [0.5, 0.6) is 0 Å². The molecule has 1 aromatic heterocycles. The first-order chi connectivity index (χ1) is 8.66. The topological polar surface area (TPSA) is 72.0 Å². The summed E-state index contributed by atoms with van der Waals surface area (Å²) in [5, 5.41) is 2.68. The number of hydrogen-bond donors (Lipinski definition) is 1. The van der Waals surface area contributed by atoms with Crippen molar-refractivity contribution in [2.24, 2.45) is 0 Å². The number of carbonyl (C=O) groups is 2. The van der Waals surface area contributed by atoms with E-state index in [-0.39, 0.29) is 11.7 Å². The lowest BCUT2D eigenvalue weighted by molar-refractivity contribution is 0.101. The van der Waals surface area contributed by atoms with Gasteiger partial charge in [-0.15, -0.1) is 0 Å². The highest BCUT2D eigenvalue weighted by atomic mass is 16.2. The van der Waals surface area contributed by atoms with Gasteiger partial charge in [-0.2, -0.15) is 0 Å². The maximum atomic E-state index is 11.8. The fourth-order valence-corrected chi connectivity index (χ4v) is 1.41. The lowest BCUT2D eigenvalue weighted by Gasteiger charge is -2.04. The van der Waals surface area contributed by atoms with Gasteiger partial charge < -0.3 is 5.32 Å². The molecule has 0 aliphatic heterocycles. The van der Waals surface area contributed by atoms with E-state index in [1.807, 2.05) is 0 Å². The maximum absolute atomic E-state index is 11.8. The lowest BCUT2D eigenvalue weighted by Crippen LogP contribution is -2.13. The molecule has 5 heteroatoms. The molecule has 0 aliphatic rings. The molecule has 0 aliphatic carbocycles. The largest absolute Gasteiger partial charge is 0.321 e. The van der Waals surface area contributed by atoms with Gasteiger partial charge in [0.05, 0.1) is 0 Å². The van der Waals surface area contributed by atoms with Crippen LogP contribution in [0.25, 0.3) is 0 Å². The number of hydrogen-bond acceptors (Lipinski definition) is 4. The highest BCUT2D eigenvalue weighted by molar-refractivity contribution is 6.03. The first kappa shape index (κ1) is 11.9. The number of nitrogens with zero attached hydrogens (tertiary/aromatic N) is 2. The molecular weight excluding hydrogens is 230 g/mol. The summed E-state index contributed by atoms with van der Waals surface area (Å²) in [6, 6.07) is 8.21. The van der Waals surface area contributed by atoms with Crippen LogP contribution in [0.1, 0.15) is 27.8 Å². The Balaban J connectivity index is 2.10. The molecule has 18 heavy (non-hydrogen) atoms. The van der Waals surface area contributed by atoms with Gasteiger partial charge in [0.1, 0.15) is 12.0 Å². The Hall–Kier alpha value is -2.56. The maximum Gasteiger partial charge on any atom is 0.274 e. The third-order valence-electron chi connectivity index (χ3n) is 2.36. The van der Waals surface area contributed by atoms with Crippen molar-refractivity contribution in [1.29, 1.82) is 0 Å². The Morgan fingerprint density at radius 1 is 1.11 bits per heavy atom. The van der Waals surface area contributed by atoms with Gasteiger partial charge in [-0.25, -0.2) is 9.97 Å². The summed E-state index contributed by atoms with van der Waals surface area (Å²) in [6.07, 6.45) is 2.81. The number of benzene rings is 1. The van der Waals surface area contributed by atoms with Crippen LogP contribution >= 0.6 is 0 Å². The van der Waals surface area contributed by atoms with E-state index in [9.17, 15) is 9.59 Å². The minimum Gasteiger partial charge on any atom is -0.321 e. The van der Waals surface area contributed by atoms with Crippen molar-refractivity contribution in [3.8, 4) is 0 Å². The Morgan fingerprint density at radius 3 is 2.39 bits per heavy atom. The van der Waals surface area contributed by atoms with Crippen LogP contribution < -0.4 is 5.32 Å². The molecule has 90 valence electrons. The van der Waals surface area contributed by atoms with Gasteiger partial charge in [-0.05, 0) is 37.3 Å². The Bertz CT molecular complexity index is 565. The van der Waals surface area contributed by atoms with Crippen molar-refractivity contribution in [1.82, 2.24) is 9.97 Å². The minimum atomic E-state index is -0.312. The van der Waals surface area contributed by atoms with Crippen LogP contribution in [0.4, 0.5) is 5.69 Å². The number of ketones is 1. The second-order valence-electron chi connectivity index (χ2n) is 3.68. The van der Waals surface area contributed by atoms with Crippen molar-refractivity contribution in [2.45, 2.75) is 6.92 Å². The van der Waals surface area contributed by atoms with Crippen LogP contribution in [0, 0.1) is 0 Å². The summed E-state index contributed by atoms with van der Waals surface area (Å²) >= 11 is 0. The van der Waals surface area contributed by atoms with E-state index in [4.69, 9.17) is 0 Å². The zero-order valence-electron chi connectivity index (χ0n) is 9.75. The van der Waals surface area contributed by atoms with Crippen molar-refractivity contribution < 1.29 is 9.59 Å². The summed E-state index contributed by atoms with van der Waals surface area (Å²) in [5.74, 6) is -0.323. The summed E-state index contributed by atoms with van der Waals surface area (Å²) < 4.78 is 0. The first-order valence-electron chi connectivity index (χ1n) is 5.35. The van der Waals surface area contributed by atoms with Crippen molar-refractivity contribution in [3.05, 3.63) is 54.1 Å². The van der Waals surface area contributed by atoms with E-state index in [0.717, 1.165) is 0 Å². The zero-order valence-corrected chi connectivity index (χ0v) is 9.75. The second kappa shape index (κ2) is 5.18. The van der Waals surface area contributed by atoms with Gasteiger partial charge in [-0.1, -0.05) is 0 Å². The van der Waals surface area contributed by atoms with Crippen LogP contribution in [0.3, 0.4) is 0 Å². The van der Waals surface area contributed by atoms with Crippen molar-refractivity contribution in [3.63, 3.8) is 0 Å². The molecule has 2 aromatic rings.